The van der Waals surface area contributed by atoms with E-state index in [2.05, 4.69) is 59.8 Å². The monoisotopic (exact) mass is 892 g/mol. The Morgan fingerprint density at radius 2 is 1.00 bits per heavy atom. The molecule has 0 aliphatic heterocycles. The summed E-state index contributed by atoms with van der Waals surface area (Å²) >= 11 is 4.15. The molecule has 0 aliphatic rings. The summed E-state index contributed by atoms with van der Waals surface area (Å²) < 4.78 is 0. The van der Waals surface area contributed by atoms with E-state index in [-0.39, 0.29) is 56.4 Å². The number of carbonyl (C=O) groups is 8. The van der Waals surface area contributed by atoms with Gasteiger partial charge in [-0.15, -0.1) is 0 Å². The van der Waals surface area contributed by atoms with Gasteiger partial charge in [0.05, 0.1) is 19.3 Å². The molecule has 0 aromatic carbocycles. The van der Waals surface area contributed by atoms with Crippen molar-refractivity contribution in [3.05, 3.63) is 0 Å². The molecule has 0 bridgehead atoms. The molecule has 0 aromatic rings. The maximum atomic E-state index is 13.7. The average Bonchev–Trinajstić information content (AvgIpc) is 3.20. The highest BCUT2D eigenvalue weighted by atomic mass is 32.1. The maximum Gasteiger partial charge on any atom is 0.326 e. The summed E-state index contributed by atoms with van der Waals surface area (Å²) in [6, 6.07) is -11.5. The van der Waals surface area contributed by atoms with Crippen LogP contribution in [0.3, 0.4) is 0 Å². The molecule has 0 radical (unpaired) electrons. The van der Waals surface area contributed by atoms with E-state index in [1.165, 1.54) is 13.8 Å². The number of nitrogens with zero attached hydrogens (tertiary/aromatic N) is 2. The largest absolute Gasteiger partial charge is 0.480 e. The molecule has 0 saturated carbocycles. The number of carboxylic acids is 1. The first kappa shape index (κ1) is 55.5. The van der Waals surface area contributed by atoms with E-state index in [0.717, 1.165) is 0 Å². The summed E-state index contributed by atoms with van der Waals surface area (Å²) in [6.45, 7) is 4.05. The smallest absolute Gasteiger partial charge is 0.326 e. The van der Waals surface area contributed by atoms with Crippen molar-refractivity contribution < 1.29 is 58.8 Å². The van der Waals surface area contributed by atoms with Crippen molar-refractivity contribution >= 4 is 71.9 Å². The van der Waals surface area contributed by atoms with Crippen molar-refractivity contribution in [3.63, 3.8) is 0 Å². The van der Waals surface area contributed by atoms with Crippen molar-refractivity contribution in [2.45, 2.75) is 114 Å². The molecule has 10 atom stereocenters. The third-order valence-corrected chi connectivity index (χ3v) is 9.32. The molecule has 7 amide bonds. The Balaban J connectivity index is 5.91. The molecule has 0 spiro atoms. The second-order valence-corrected chi connectivity index (χ2v) is 14.3. The number of nitrogens with two attached hydrogens (primary N) is 5. The predicted octanol–water partition coefficient (Wildman–Crippen LogP) is -7.74. The van der Waals surface area contributed by atoms with E-state index < -0.39 is 121 Å². The lowest BCUT2D eigenvalue weighted by atomic mass is 9.97. The van der Waals surface area contributed by atoms with Gasteiger partial charge >= 0.3 is 5.97 Å². The Morgan fingerprint density at radius 1 is 0.590 bits per heavy atom. The van der Waals surface area contributed by atoms with Gasteiger partial charge in [-0.1, -0.05) is 20.3 Å². The fraction of sp³-hybridized carbons (Fsp3) is 0.706. The zero-order valence-electron chi connectivity index (χ0n) is 34.6. The minimum Gasteiger partial charge on any atom is -0.480 e. The highest BCUT2D eigenvalue weighted by molar-refractivity contribution is 7.80. The fourth-order valence-electron chi connectivity index (χ4n) is 5.04. The van der Waals surface area contributed by atoms with Crippen LogP contribution in [0.15, 0.2) is 9.98 Å². The van der Waals surface area contributed by atoms with Crippen LogP contribution >= 0.6 is 12.6 Å². The molecule has 0 saturated heterocycles. The van der Waals surface area contributed by atoms with Gasteiger partial charge in [-0.2, -0.15) is 12.6 Å². The number of hydrogen-bond acceptors (Lipinski definition) is 15. The van der Waals surface area contributed by atoms with Gasteiger partial charge < -0.3 is 86.3 Å². The minimum atomic E-state index is -1.68. The van der Waals surface area contributed by atoms with Gasteiger partial charge in [-0.25, -0.2) is 4.79 Å². The van der Waals surface area contributed by atoms with E-state index in [9.17, 15) is 58.8 Å². The van der Waals surface area contributed by atoms with Gasteiger partial charge in [0.25, 0.3) is 0 Å². The van der Waals surface area contributed by atoms with Crippen LogP contribution in [0.4, 0.5) is 0 Å². The van der Waals surface area contributed by atoms with Gasteiger partial charge in [0.15, 0.2) is 11.9 Å². The van der Waals surface area contributed by atoms with Crippen molar-refractivity contribution in [2.24, 2.45) is 44.6 Å². The number of hydrogen-bond donors (Lipinski definition) is 17. The van der Waals surface area contributed by atoms with E-state index in [1.54, 1.807) is 13.8 Å². The molecule has 0 aliphatic carbocycles. The van der Waals surface area contributed by atoms with Crippen molar-refractivity contribution in [2.75, 3.05) is 32.1 Å². The number of carboxylic acid groups (broad SMARTS) is 1. The first-order valence-electron chi connectivity index (χ1n) is 19.3. The molecular formula is C34H64N14O12S. The Hall–Kier alpha value is -5.51. The van der Waals surface area contributed by atoms with Crippen LogP contribution in [0.1, 0.15) is 59.8 Å². The number of rotatable bonds is 29. The average molecular weight is 893 g/mol. The third kappa shape index (κ3) is 21.0. The van der Waals surface area contributed by atoms with Crippen LogP contribution in [0.2, 0.25) is 0 Å². The van der Waals surface area contributed by atoms with Crippen molar-refractivity contribution in [1.29, 1.82) is 0 Å². The summed E-state index contributed by atoms with van der Waals surface area (Å²) in [5.74, 6) is -9.24. The molecule has 21 N–H and O–H groups in total. The zero-order chi connectivity index (χ0) is 47.0. The molecule has 27 heteroatoms. The lowest BCUT2D eigenvalue weighted by molar-refractivity contribution is -0.142. The lowest BCUT2D eigenvalue weighted by Gasteiger charge is -2.29. The Morgan fingerprint density at radius 3 is 1.44 bits per heavy atom. The van der Waals surface area contributed by atoms with Crippen LogP contribution in [-0.2, 0) is 38.4 Å². The van der Waals surface area contributed by atoms with E-state index in [0.29, 0.717) is 6.42 Å². The summed E-state index contributed by atoms with van der Waals surface area (Å²) in [7, 11) is 0. The maximum absolute atomic E-state index is 13.7. The number of nitrogens with one attached hydrogen (secondary N) is 7. The zero-order valence-corrected chi connectivity index (χ0v) is 35.5. The minimum absolute atomic E-state index is 0.0487. The van der Waals surface area contributed by atoms with Gasteiger partial charge in [-0.05, 0) is 45.4 Å². The molecule has 61 heavy (non-hydrogen) atoms. The quantitative estimate of drug-likeness (QED) is 0.0143. The van der Waals surface area contributed by atoms with Gasteiger partial charge in [0.1, 0.15) is 48.3 Å². The van der Waals surface area contributed by atoms with Crippen LogP contribution in [-0.4, -0.2) is 166 Å². The number of amides is 7. The van der Waals surface area contributed by atoms with E-state index in [1.807, 2.05) is 0 Å². The summed E-state index contributed by atoms with van der Waals surface area (Å²) in [4.78, 5) is 111. The van der Waals surface area contributed by atoms with Crippen LogP contribution in [0.5, 0.6) is 0 Å². The normalized spacial score (nSPS) is 15.8. The highest BCUT2D eigenvalue weighted by Gasteiger charge is 2.34. The van der Waals surface area contributed by atoms with E-state index in [4.69, 9.17) is 28.7 Å². The van der Waals surface area contributed by atoms with Crippen LogP contribution in [0.25, 0.3) is 0 Å². The SMILES string of the molecule is CC[C@H](C)[C@H](NC(=O)[C@H](CS)NC(=O)[C@H](C)NC(=O)[C@H](CO)NC(=O)[C@H](CO)NC(=O)[C@@H](N)[C@@H](C)O)C(=O)N[C@@H](CCCN=C(N)N)C(=O)N[C@@H](CCCN=C(N)N)C(=O)O. The standard InChI is InChI=1S/C34H64N14O12S/c1-5-15(2)24(31(58)43-18(8-6-10-40-33(36)37)26(53)44-19(32(59)60)9-7-11-41-34(38)39)48-29(56)22(14-61)47-25(52)16(3)42-27(54)20(12-49)45-28(55)21(13-50)46-30(57)23(35)17(4)51/h15-24,49-51,61H,5-14,35H2,1-4H3,(H,42,54)(H,43,58)(H,44,53)(H,45,55)(H,46,57)(H,47,52)(H,48,56)(H,59,60)(H4,36,37,40)(H4,38,39,41)/t15-,16-,17+,18-,19-,20-,21-,22-,23-,24-/m0/s1. The van der Waals surface area contributed by atoms with E-state index >= 15 is 0 Å². The summed E-state index contributed by atoms with van der Waals surface area (Å²) in [5.41, 5.74) is 26.9. The summed E-state index contributed by atoms with van der Waals surface area (Å²) in [5, 5.41) is 55.0. The van der Waals surface area contributed by atoms with Gasteiger partial charge in [-0.3, -0.25) is 43.5 Å². The number of guanidine groups is 2. The van der Waals surface area contributed by atoms with Gasteiger partial charge in [0.2, 0.25) is 41.4 Å². The molecule has 0 heterocycles. The van der Waals surface area contributed by atoms with Crippen LogP contribution < -0.4 is 65.9 Å². The van der Waals surface area contributed by atoms with Crippen molar-refractivity contribution in [3.8, 4) is 0 Å². The molecular weight excluding hydrogens is 829 g/mol. The predicted molar refractivity (Wildman–Crippen MR) is 224 cm³/mol. The Labute approximate surface area is 358 Å². The Bertz CT molecular complexity index is 1550. The second-order valence-electron chi connectivity index (χ2n) is 14.0. The third-order valence-electron chi connectivity index (χ3n) is 8.95. The number of thiol groups is 1. The molecule has 0 unspecified atom stereocenters. The molecule has 26 nitrogen and oxygen atoms in total. The number of aliphatic carboxylic acids is 1. The summed E-state index contributed by atoms with van der Waals surface area (Å²) in [6.07, 6.45) is -0.670. The van der Waals surface area contributed by atoms with Gasteiger partial charge in [0, 0.05) is 18.8 Å². The first-order valence-corrected chi connectivity index (χ1v) is 19.9. The fourth-order valence-corrected chi connectivity index (χ4v) is 5.30. The van der Waals surface area contributed by atoms with Crippen molar-refractivity contribution in [1.82, 2.24) is 37.2 Å². The molecule has 0 fully saturated rings. The topological polar surface area (TPSA) is 457 Å². The Kier molecular flexibility index (Phi) is 26.3. The molecule has 0 aromatic heterocycles. The molecule has 0 rings (SSSR count). The highest BCUT2D eigenvalue weighted by Crippen LogP contribution is 2.11. The number of aliphatic hydroxyl groups excluding tert-OH is 3. The molecule has 348 valence electrons. The number of aliphatic hydroxyl groups is 3. The number of carbonyl (C=O) groups excluding carboxylic acids is 7. The number of aliphatic imine (C=N–C) groups is 2. The second kappa shape index (κ2) is 28.9. The first-order chi connectivity index (χ1) is 28.5. The van der Waals surface area contributed by atoms with Crippen LogP contribution in [0, 0.1) is 5.92 Å². The lowest BCUT2D eigenvalue weighted by Crippen LogP contribution is -2.61.